The van der Waals surface area contributed by atoms with E-state index in [-0.39, 0.29) is 22.7 Å². The van der Waals surface area contributed by atoms with Crippen LogP contribution in [0.5, 0.6) is 0 Å². The van der Waals surface area contributed by atoms with Crippen molar-refractivity contribution in [3.8, 4) is 6.07 Å². The van der Waals surface area contributed by atoms with Crippen LogP contribution in [0.4, 0.5) is 0 Å². The predicted octanol–water partition coefficient (Wildman–Crippen LogP) is 5.80. The zero-order valence-electron chi connectivity index (χ0n) is 23.3. The molecule has 7 rings (SSSR count). The Morgan fingerprint density at radius 3 is 2.95 bits per heavy atom. The van der Waals surface area contributed by atoms with E-state index in [1.54, 1.807) is 0 Å². The molecule has 2 N–H and O–H groups in total. The number of H-pyrrole nitrogens is 1. The molecule has 40 heavy (non-hydrogen) atoms. The fraction of sp³-hybridized carbons (Fsp3) is 0.562. The number of hydrogen-bond acceptors (Lipinski definition) is 6. The number of imidazole rings is 1. The molecule has 3 aromatic rings. The van der Waals surface area contributed by atoms with Gasteiger partial charge in [0.05, 0.1) is 53.8 Å². The molecule has 2 aromatic heterocycles. The number of thioether (sulfide) groups is 1. The number of carbonyl (C=O) groups excluding carboxylic acids is 1. The zero-order chi connectivity index (χ0) is 27.6. The van der Waals surface area contributed by atoms with Crippen LogP contribution in [0.25, 0.3) is 17.1 Å². The van der Waals surface area contributed by atoms with Crippen LogP contribution >= 0.6 is 11.8 Å². The van der Waals surface area contributed by atoms with Crippen LogP contribution in [-0.4, -0.2) is 42.5 Å². The van der Waals surface area contributed by atoms with Gasteiger partial charge in [0.15, 0.2) is 5.16 Å². The summed E-state index contributed by atoms with van der Waals surface area (Å²) in [5.41, 5.74) is 5.46. The second kappa shape index (κ2) is 9.60. The number of nitrogens with one attached hydrogen (secondary N) is 1. The van der Waals surface area contributed by atoms with E-state index < -0.39 is 6.10 Å². The number of nitrogens with zero attached hydrogens (tertiary/aromatic N) is 4. The number of aromatic amines is 1. The molecular formula is C32H37N5O2S. The SMILES string of the molecule is CC12Cc3cnn(CCC#N)c3C=C1CCC1C2C(O)CC2(C)C(C(=O)CSc3nc4ccccc4[nH]3)CCC12. The molecule has 1 aromatic carbocycles. The highest BCUT2D eigenvalue weighted by Gasteiger charge is 2.63. The fourth-order valence-electron chi connectivity index (χ4n) is 9.34. The van der Waals surface area contributed by atoms with E-state index in [2.05, 4.69) is 41.1 Å². The monoisotopic (exact) mass is 555 g/mol. The predicted molar refractivity (Wildman–Crippen MR) is 155 cm³/mol. The molecule has 7 unspecified atom stereocenters. The number of aliphatic hydroxyl groups excluding tert-OH is 1. The van der Waals surface area contributed by atoms with Crippen molar-refractivity contribution in [1.29, 1.82) is 5.26 Å². The van der Waals surface area contributed by atoms with Gasteiger partial charge in [-0.05, 0) is 90.9 Å². The Labute approximate surface area is 239 Å². The lowest BCUT2D eigenvalue weighted by Crippen LogP contribution is -2.57. The molecule has 3 fully saturated rings. The molecule has 8 heteroatoms. The number of rotatable bonds is 6. The smallest absolute Gasteiger partial charge is 0.166 e. The molecular weight excluding hydrogens is 518 g/mol. The summed E-state index contributed by atoms with van der Waals surface area (Å²) in [4.78, 5) is 21.7. The van der Waals surface area contributed by atoms with Gasteiger partial charge in [-0.1, -0.05) is 43.3 Å². The third-order valence-electron chi connectivity index (χ3n) is 11.0. The van der Waals surface area contributed by atoms with Crippen LogP contribution in [0.3, 0.4) is 0 Å². The highest BCUT2D eigenvalue weighted by molar-refractivity contribution is 7.99. The maximum atomic E-state index is 13.7. The van der Waals surface area contributed by atoms with E-state index >= 15 is 0 Å². The van der Waals surface area contributed by atoms with Crippen molar-refractivity contribution in [2.75, 3.05) is 5.75 Å². The summed E-state index contributed by atoms with van der Waals surface area (Å²) >= 11 is 1.51. The normalized spacial score (nSPS) is 34.4. The first-order chi connectivity index (χ1) is 19.3. The first-order valence-corrected chi connectivity index (χ1v) is 15.7. The number of nitriles is 1. The number of fused-ring (bicyclic) bond motifs is 7. The standard InChI is InChI=1S/C32H37N5O2S/c1-31-15-19-17-34-37(13-5-12-33)26(19)14-20(31)8-9-21-22-10-11-23(32(22,2)16-27(38)29(21)31)28(39)18-40-30-35-24-6-3-4-7-25(24)36-30/h3-4,6-7,14,17,21-23,27,29,38H,5,8-11,13,15-16,18H2,1-2H3,(H,35,36). The molecule has 7 nitrogen and oxygen atoms in total. The zero-order valence-corrected chi connectivity index (χ0v) is 24.1. The van der Waals surface area contributed by atoms with Crippen LogP contribution in [-0.2, 0) is 17.8 Å². The second-order valence-electron chi connectivity index (χ2n) is 13.0. The summed E-state index contributed by atoms with van der Waals surface area (Å²) in [7, 11) is 0. The highest BCUT2D eigenvalue weighted by atomic mass is 32.2. The highest BCUT2D eigenvalue weighted by Crippen LogP contribution is 2.66. The lowest BCUT2D eigenvalue weighted by molar-refractivity contribution is -0.140. The molecule has 0 aliphatic heterocycles. The molecule has 208 valence electrons. The van der Waals surface area contributed by atoms with Crippen molar-refractivity contribution in [2.24, 2.45) is 34.5 Å². The quantitative estimate of drug-likeness (QED) is 0.372. The van der Waals surface area contributed by atoms with Gasteiger partial charge >= 0.3 is 0 Å². The Morgan fingerprint density at radius 2 is 2.12 bits per heavy atom. The van der Waals surface area contributed by atoms with E-state index in [4.69, 9.17) is 5.26 Å². The van der Waals surface area contributed by atoms with Crippen LogP contribution in [0.2, 0.25) is 0 Å². The van der Waals surface area contributed by atoms with Gasteiger partial charge in [0.1, 0.15) is 5.78 Å². The Balaban J connectivity index is 1.10. The average Bonchev–Trinajstić information content (AvgIpc) is 3.62. The molecule has 0 spiro atoms. The fourth-order valence-corrected chi connectivity index (χ4v) is 10.2. The topological polar surface area (TPSA) is 108 Å². The van der Waals surface area contributed by atoms with Gasteiger partial charge in [-0.15, -0.1) is 0 Å². The van der Waals surface area contributed by atoms with Crippen molar-refractivity contribution in [1.82, 2.24) is 19.7 Å². The van der Waals surface area contributed by atoms with E-state index in [1.807, 2.05) is 35.1 Å². The third kappa shape index (κ3) is 3.92. The number of Topliss-reactive ketones (excluding diaryl/α,β-unsaturated/α-hetero) is 1. The largest absolute Gasteiger partial charge is 0.393 e. The van der Waals surface area contributed by atoms with Crippen LogP contribution in [0, 0.1) is 45.8 Å². The van der Waals surface area contributed by atoms with Crippen molar-refractivity contribution >= 4 is 34.7 Å². The van der Waals surface area contributed by atoms with Crippen LogP contribution in [0.15, 0.2) is 41.2 Å². The molecule has 0 saturated heterocycles. The number of aliphatic hydroxyl groups is 1. The number of allylic oxidation sites excluding steroid dienone is 1. The van der Waals surface area contributed by atoms with Gasteiger partial charge in [0.25, 0.3) is 0 Å². The van der Waals surface area contributed by atoms with Gasteiger partial charge in [-0.25, -0.2) is 4.98 Å². The summed E-state index contributed by atoms with van der Waals surface area (Å²) < 4.78 is 1.97. The maximum absolute atomic E-state index is 13.7. The number of para-hydroxylation sites is 2. The van der Waals surface area contributed by atoms with Crippen molar-refractivity contribution in [3.63, 3.8) is 0 Å². The Morgan fingerprint density at radius 1 is 1.27 bits per heavy atom. The molecule has 7 atom stereocenters. The summed E-state index contributed by atoms with van der Waals surface area (Å²) in [6, 6.07) is 10.2. The minimum Gasteiger partial charge on any atom is -0.393 e. The molecule has 2 heterocycles. The Hall–Kier alpha value is -2.89. The summed E-state index contributed by atoms with van der Waals surface area (Å²) in [6.07, 6.45) is 9.99. The Kier molecular flexibility index (Phi) is 6.25. The van der Waals surface area contributed by atoms with E-state index in [1.165, 1.54) is 22.9 Å². The van der Waals surface area contributed by atoms with E-state index in [0.717, 1.165) is 54.0 Å². The molecule has 0 bridgehead atoms. The minimum atomic E-state index is -0.424. The third-order valence-corrected chi connectivity index (χ3v) is 11.9. The summed E-state index contributed by atoms with van der Waals surface area (Å²) in [5, 5.41) is 26.3. The maximum Gasteiger partial charge on any atom is 0.166 e. The molecule has 4 aliphatic carbocycles. The van der Waals surface area contributed by atoms with Gasteiger partial charge in [0.2, 0.25) is 0 Å². The van der Waals surface area contributed by atoms with Crippen molar-refractivity contribution in [2.45, 2.75) is 76.6 Å². The van der Waals surface area contributed by atoms with Gasteiger partial charge in [-0.2, -0.15) is 10.4 Å². The lowest BCUT2D eigenvalue weighted by Gasteiger charge is -2.59. The van der Waals surface area contributed by atoms with Gasteiger partial charge in [-0.3, -0.25) is 9.48 Å². The molecule has 0 amide bonds. The lowest BCUT2D eigenvalue weighted by atomic mass is 9.46. The summed E-state index contributed by atoms with van der Waals surface area (Å²) in [6.45, 7) is 5.27. The second-order valence-corrected chi connectivity index (χ2v) is 14.0. The first-order valence-electron chi connectivity index (χ1n) is 14.7. The molecule has 4 aliphatic rings. The molecule has 3 saturated carbocycles. The van der Waals surface area contributed by atoms with E-state index in [9.17, 15) is 9.90 Å². The average molecular weight is 556 g/mol. The van der Waals surface area contributed by atoms with Gasteiger partial charge in [0, 0.05) is 5.92 Å². The first kappa shape index (κ1) is 26.0. The van der Waals surface area contributed by atoms with Crippen molar-refractivity contribution in [3.05, 3.63) is 47.3 Å². The van der Waals surface area contributed by atoms with Crippen molar-refractivity contribution < 1.29 is 9.90 Å². The van der Waals surface area contributed by atoms with Gasteiger partial charge < -0.3 is 10.1 Å². The summed E-state index contributed by atoms with van der Waals surface area (Å²) in [5.74, 6) is 1.79. The number of ketones is 1. The minimum absolute atomic E-state index is 0.00829. The van der Waals surface area contributed by atoms with Crippen LogP contribution < -0.4 is 0 Å². The van der Waals surface area contributed by atoms with Crippen LogP contribution in [0.1, 0.15) is 63.6 Å². The number of hydrogen-bond donors (Lipinski definition) is 2. The number of aromatic nitrogens is 4. The molecule has 0 radical (unpaired) electrons. The number of carbonyl (C=O) groups is 1. The number of aryl methyl sites for hydroxylation is 1. The van der Waals surface area contributed by atoms with E-state index in [0.29, 0.717) is 42.8 Å². The number of benzene rings is 1. The Bertz CT molecular complexity index is 1520.